The summed E-state index contributed by atoms with van der Waals surface area (Å²) in [5.74, 6) is -0.375. The van der Waals surface area contributed by atoms with Crippen molar-refractivity contribution in [1.82, 2.24) is 5.32 Å². The topological polar surface area (TPSA) is 101 Å². The highest BCUT2D eigenvalue weighted by molar-refractivity contribution is 5.95. The summed E-state index contributed by atoms with van der Waals surface area (Å²) in [5, 5.41) is 13.6. The normalized spacial score (nSPS) is 12.5. The molecule has 0 aromatic heterocycles. The Morgan fingerprint density at radius 2 is 1.49 bits per heavy atom. The van der Waals surface area contributed by atoms with Gasteiger partial charge in [0, 0.05) is 35.5 Å². The van der Waals surface area contributed by atoms with Gasteiger partial charge in [-0.2, -0.15) is 0 Å². The lowest BCUT2D eigenvalue weighted by Gasteiger charge is -2.27. The van der Waals surface area contributed by atoms with Crippen LogP contribution in [-0.2, 0) is 12.8 Å². The fourth-order valence-electron chi connectivity index (χ4n) is 4.52. The molecule has 0 saturated heterocycles. The molecule has 0 radical (unpaired) electrons. The number of hydrogen-bond acceptors (Lipinski definition) is 4. The van der Waals surface area contributed by atoms with Gasteiger partial charge in [0.05, 0.1) is 0 Å². The maximum Gasteiger partial charge on any atom is 0.251 e. The van der Waals surface area contributed by atoms with E-state index in [0.29, 0.717) is 29.8 Å². The molecule has 2 unspecified atom stereocenters. The van der Waals surface area contributed by atoms with Gasteiger partial charge in [-0.15, -0.1) is 0 Å². The van der Waals surface area contributed by atoms with Crippen molar-refractivity contribution in [2.24, 2.45) is 11.7 Å². The Morgan fingerprint density at radius 1 is 0.784 bits per heavy atom. The van der Waals surface area contributed by atoms with Gasteiger partial charge in [-0.1, -0.05) is 79.4 Å². The molecule has 0 aliphatic carbocycles. The highest BCUT2D eigenvalue weighted by atomic mass is 16.3. The van der Waals surface area contributed by atoms with E-state index in [-0.39, 0.29) is 24.5 Å². The Hall–Kier alpha value is -4.35. The number of nitrogen functional groups attached to an aromatic ring is 1. The van der Waals surface area contributed by atoms with Crippen molar-refractivity contribution in [3.63, 3.8) is 0 Å². The van der Waals surface area contributed by atoms with Gasteiger partial charge in [-0.25, -0.2) is 0 Å². The summed E-state index contributed by atoms with van der Waals surface area (Å²) >= 11 is 0. The molecule has 4 aromatic carbocycles. The van der Waals surface area contributed by atoms with Crippen molar-refractivity contribution in [2.45, 2.75) is 18.9 Å². The zero-order chi connectivity index (χ0) is 26.2. The molecule has 0 spiro atoms. The largest absolute Gasteiger partial charge is 0.399 e. The zero-order valence-electron chi connectivity index (χ0n) is 20.8. The molecule has 0 heterocycles. The number of carbonyl (C=O) groups is 1. The van der Waals surface area contributed by atoms with E-state index >= 15 is 0 Å². The molecule has 0 saturated carbocycles. The van der Waals surface area contributed by atoms with Crippen LogP contribution >= 0.6 is 0 Å². The van der Waals surface area contributed by atoms with Crippen molar-refractivity contribution in [3.8, 4) is 11.1 Å². The second kappa shape index (κ2) is 12.1. The maximum atomic E-state index is 13.3. The monoisotopic (exact) mass is 491 g/mol. The molecule has 0 aliphatic heterocycles. The fraction of sp³-hybridized carbons (Fsp3) is 0.156. The predicted octanol–water partition coefficient (Wildman–Crippen LogP) is 5.06. The number of nitrogens with two attached hydrogens (primary N) is 2. The van der Waals surface area contributed by atoms with Crippen LogP contribution in [0.25, 0.3) is 16.8 Å². The molecular weight excluding hydrogens is 458 g/mol. The lowest BCUT2D eigenvalue weighted by molar-refractivity contribution is 0.0903. The van der Waals surface area contributed by atoms with Crippen LogP contribution in [0.2, 0.25) is 0 Å². The van der Waals surface area contributed by atoms with E-state index in [1.54, 1.807) is 0 Å². The first-order valence-corrected chi connectivity index (χ1v) is 12.4. The molecule has 5 heteroatoms. The van der Waals surface area contributed by atoms with E-state index in [1.807, 2.05) is 103 Å². The lowest BCUT2D eigenvalue weighted by Crippen LogP contribution is -2.44. The number of anilines is 1. The van der Waals surface area contributed by atoms with Gasteiger partial charge >= 0.3 is 0 Å². The van der Waals surface area contributed by atoms with E-state index in [0.717, 1.165) is 27.8 Å². The molecule has 1 amide bonds. The Balaban J connectivity index is 1.55. The van der Waals surface area contributed by atoms with E-state index in [4.69, 9.17) is 11.5 Å². The summed E-state index contributed by atoms with van der Waals surface area (Å²) in [5.41, 5.74) is 18.5. The summed E-state index contributed by atoms with van der Waals surface area (Å²) in [4.78, 5) is 13.3. The van der Waals surface area contributed by atoms with Crippen LogP contribution in [0, 0.1) is 5.92 Å². The zero-order valence-corrected chi connectivity index (χ0v) is 20.8. The first-order valence-electron chi connectivity index (χ1n) is 12.4. The van der Waals surface area contributed by atoms with Gasteiger partial charge in [-0.3, -0.25) is 4.79 Å². The Kier molecular flexibility index (Phi) is 8.39. The Morgan fingerprint density at radius 3 is 2.16 bits per heavy atom. The van der Waals surface area contributed by atoms with Gasteiger partial charge in [0.15, 0.2) is 0 Å². The van der Waals surface area contributed by atoms with E-state index < -0.39 is 0 Å². The number of benzene rings is 4. The van der Waals surface area contributed by atoms with Gasteiger partial charge in [0.1, 0.15) is 0 Å². The molecule has 188 valence electrons. The van der Waals surface area contributed by atoms with E-state index in [2.05, 4.69) is 11.9 Å². The minimum Gasteiger partial charge on any atom is -0.399 e. The van der Waals surface area contributed by atoms with Crippen molar-refractivity contribution in [1.29, 1.82) is 0 Å². The van der Waals surface area contributed by atoms with E-state index in [9.17, 15) is 9.90 Å². The van der Waals surface area contributed by atoms with Crippen molar-refractivity contribution in [3.05, 3.63) is 132 Å². The average Bonchev–Trinajstić information content (AvgIpc) is 2.92. The Bertz CT molecular complexity index is 1350. The number of carbonyl (C=O) groups excluding carboxylic acids is 1. The number of amides is 1. The molecule has 6 N–H and O–H groups in total. The smallest absolute Gasteiger partial charge is 0.251 e. The van der Waals surface area contributed by atoms with Gasteiger partial charge in [0.25, 0.3) is 5.91 Å². The Labute approximate surface area is 218 Å². The maximum absolute atomic E-state index is 13.3. The molecule has 0 bridgehead atoms. The predicted molar refractivity (Wildman–Crippen MR) is 152 cm³/mol. The summed E-state index contributed by atoms with van der Waals surface area (Å²) in [6.07, 6.45) is 1.19. The fourth-order valence-corrected chi connectivity index (χ4v) is 4.52. The van der Waals surface area contributed by atoms with Gasteiger partial charge in [0.2, 0.25) is 0 Å². The van der Waals surface area contributed by atoms with Crippen LogP contribution in [-0.4, -0.2) is 23.7 Å². The molecular formula is C32H33N3O2. The third-order valence-corrected chi connectivity index (χ3v) is 6.58. The van der Waals surface area contributed by atoms with Crippen LogP contribution < -0.4 is 16.8 Å². The molecule has 2 atom stereocenters. The first kappa shape index (κ1) is 25.7. The average molecular weight is 492 g/mol. The number of aliphatic hydroxyl groups excluding tert-OH is 1. The number of hydrogen-bond donors (Lipinski definition) is 4. The quantitative estimate of drug-likeness (QED) is 0.233. The summed E-state index contributed by atoms with van der Waals surface area (Å²) in [7, 11) is 0. The highest BCUT2D eigenvalue weighted by Crippen LogP contribution is 2.23. The summed E-state index contributed by atoms with van der Waals surface area (Å²) in [6.45, 7) is 3.76. The van der Waals surface area contributed by atoms with Gasteiger partial charge < -0.3 is 21.9 Å². The van der Waals surface area contributed by atoms with E-state index in [1.165, 1.54) is 0 Å². The minimum atomic E-state index is -0.279. The molecule has 4 rings (SSSR count). The second-order valence-corrected chi connectivity index (χ2v) is 9.34. The molecule has 0 fully saturated rings. The summed E-state index contributed by atoms with van der Waals surface area (Å²) in [6, 6.07) is 32.7. The van der Waals surface area contributed by atoms with Crippen LogP contribution in [0.15, 0.2) is 110 Å². The number of nitrogens with one attached hydrogen (secondary N) is 1. The first-order chi connectivity index (χ1) is 17.9. The summed E-state index contributed by atoms with van der Waals surface area (Å²) < 4.78 is 0. The van der Waals surface area contributed by atoms with Crippen molar-refractivity contribution < 1.29 is 9.90 Å². The molecule has 5 nitrogen and oxygen atoms in total. The molecule has 37 heavy (non-hydrogen) atoms. The van der Waals surface area contributed by atoms with Crippen molar-refractivity contribution >= 4 is 17.3 Å². The lowest BCUT2D eigenvalue weighted by atomic mass is 9.88. The highest BCUT2D eigenvalue weighted by Gasteiger charge is 2.24. The number of rotatable bonds is 10. The van der Waals surface area contributed by atoms with Gasteiger partial charge in [-0.05, 0) is 71.0 Å². The SMILES string of the molecule is C=C(N)c1cccc(CC(CO)C(Cc2ccccc2)NC(=O)c2ccc(-c3cccc(N)c3)cc2)c1. The van der Waals surface area contributed by atoms with Crippen molar-refractivity contribution in [2.75, 3.05) is 12.3 Å². The second-order valence-electron chi connectivity index (χ2n) is 9.34. The molecule has 4 aromatic rings. The molecule has 0 aliphatic rings. The third kappa shape index (κ3) is 6.87. The van der Waals surface area contributed by atoms with Crippen LogP contribution in [0.3, 0.4) is 0 Å². The number of aliphatic hydroxyl groups is 1. The third-order valence-electron chi connectivity index (χ3n) is 6.58. The van der Waals surface area contributed by atoms with Crippen LogP contribution in [0.1, 0.15) is 27.0 Å². The van der Waals surface area contributed by atoms with Crippen LogP contribution in [0.5, 0.6) is 0 Å². The van der Waals surface area contributed by atoms with Crippen LogP contribution in [0.4, 0.5) is 5.69 Å². The minimum absolute atomic E-state index is 0.0695. The standard InChI is InChI=1S/C32H33N3O2/c1-22(33)27-10-5-9-24(17-27)18-29(21-36)31(19-23-7-3-2-4-8-23)35-32(37)26-15-13-25(14-16-26)28-11-6-12-30(34)20-28/h2-17,20,29,31,36H,1,18-19,21,33-34H2,(H,35,37).